The molecule has 2 aromatic rings. The van der Waals surface area contributed by atoms with E-state index in [4.69, 9.17) is 0 Å². The van der Waals surface area contributed by atoms with Gasteiger partial charge in [0.25, 0.3) is 5.91 Å². The third-order valence-corrected chi connectivity index (χ3v) is 4.09. The number of hydrogen-bond donors (Lipinski definition) is 2. The summed E-state index contributed by atoms with van der Waals surface area (Å²) in [5.74, 6) is -0.370. The molecule has 1 amide bonds. The van der Waals surface area contributed by atoms with Crippen LogP contribution in [0.5, 0.6) is 0 Å². The first-order chi connectivity index (χ1) is 9.61. The SMILES string of the molecule is O=C(NC1(c2ncn[nH]2)CCC1)c1cc(Br)ccc1F. The summed E-state index contributed by atoms with van der Waals surface area (Å²) in [6.45, 7) is 0. The number of rotatable bonds is 3. The van der Waals surface area contributed by atoms with Crippen LogP contribution < -0.4 is 5.32 Å². The minimum absolute atomic E-state index is 0.0187. The summed E-state index contributed by atoms with van der Waals surface area (Å²) in [5.41, 5.74) is -0.535. The lowest BCUT2D eigenvalue weighted by Crippen LogP contribution is -2.51. The fraction of sp³-hybridized carbons (Fsp3) is 0.308. The Morgan fingerprint density at radius 1 is 1.45 bits per heavy atom. The Balaban J connectivity index is 1.87. The van der Waals surface area contributed by atoms with E-state index in [2.05, 4.69) is 36.4 Å². The molecule has 0 unspecified atom stereocenters. The number of aromatic amines is 1. The summed E-state index contributed by atoms with van der Waals surface area (Å²) in [5, 5.41) is 9.48. The van der Waals surface area contributed by atoms with Gasteiger partial charge in [0.1, 0.15) is 18.0 Å². The molecule has 1 heterocycles. The lowest BCUT2D eigenvalue weighted by atomic mass is 9.76. The maximum absolute atomic E-state index is 13.7. The summed E-state index contributed by atoms with van der Waals surface area (Å²) in [4.78, 5) is 16.4. The molecule has 0 spiro atoms. The van der Waals surface area contributed by atoms with Crippen molar-refractivity contribution >= 4 is 21.8 Å². The molecule has 1 aliphatic rings. The molecule has 1 fully saturated rings. The van der Waals surface area contributed by atoms with Crippen molar-refractivity contribution in [1.29, 1.82) is 0 Å². The number of aromatic nitrogens is 3. The van der Waals surface area contributed by atoms with Crippen LogP contribution in [-0.4, -0.2) is 21.1 Å². The van der Waals surface area contributed by atoms with Gasteiger partial charge in [-0.15, -0.1) is 0 Å². The summed E-state index contributed by atoms with van der Waals surface area (Å²) in [6, 6.07) is 4.29. The number of H-pyrrole nitrogens is 1. The summed E-state index contributed by atoms with van der Waals surface area (Å²) in [6.07, 6.45) is 3.93. The predicted octanol–water partition coefficient (Wildman–Crippen LogP) is 2.52. The van der Waals surface area contributed by atoms with Crippen molar-refractivity contribution in [3.63, 3.8) is 0 Å². The standard InChI is InChI=1S/C13H12BrFN4O/c14-8-2-3-10(15)9(6-8)11(20)18-13(4-1-5-13)12-16-7-17-19-12/h2-3,6-7H,1,4-5H2,(H,18,20)(H,16,17,19). The lowest BCUT2D eigenvalue weighted by molar-refractivity contribution is 0.0805. The van der Waals surface area contributed by atoms with E-state index in [0.29, 0.717) is 10.3 Å². The molecule has 5 nitrogen and oxygen atoms in total. The molecule has 0 aliphatic heterocycles. The van der Waals surface area contributed by atoms with Crippen LogP contribution in [0.3, 0.4) is 0 Å². The van der Waals surface area contributed by atoms with E-state index in [1.165, 1.54) is 18.5 Å². The number of benzene rings is 1. The molecule has 1 saturated carbocycles. The van der Waals surface area contributed by atoms with Crippen LogP contribution in [0.15, 0.2) is 29.0 Å². The lowest BCUT2D eigenvalue weighted by Gasteiger charge is -2.40. The third kappa shape index (κ3) is 2.22. The molecule has 1 aliphatic carbocycles. The van der Waals surface area contributed by atoms with Crippen LogP contribution in [0.4, 0.5) is 4.39 Å². The molecule has 20 heavy (non-hydrogen) atoms. The highest BCUT2D eigenvalue weighted by atomic mass is 79.9. The Bertz CT molecular complexity index is 640. The molecule has 1 aromatic carbocycles. The van der Waals surface area contributed by atoms with E-state index >= 15 is 0 Å². The highest BCUT2D eigenvalue weighted by Gasteiger charge is 2.43. The van der Waals surface area contributed by atoms with Gasteiger partial charge in [0.15, 0.2) is 0 Å². The molecule has 7 heteroatoms. The van der Waals surface area contributed by atoms with Gasteiger partial charge >= 0.3 is 0 Å². The van der Waals surface area contributed by atoms with Gasteiger partial charge in [-0.25, -0.2) is 9.37 Å². The van der Waals surface area contributed by atoms with E-state index in [9.17, 15) is 9.18 Å². The monoisotopic (exact) mass is 338 g/mol. The zero-order valence-electron chi connectivity index (χ0n) is 10.5. The van der Waals surface area contributed by atoms with Gasteiger partial charge in [-0.2, -0.15) is 5.10 Å². The van der Waals surface area contributed by atoms with Gasteiger partial charge in [-0.05, 0) is 37.5 Å². The summed E-state index contributed by atoms with van der Waals surface area (Å²) < 4.78 is 14.4. The van der Waals surface area contributed by atoms with Crippen LogP contribution in [0.2, 0.25) is 0 Å². The second kappa shape index (κ2) is 4.97. The second-order valence-corrected chi connectivity index (χ2v) is 5.76. The number of nitrogens with zero attached hydrogens (tertiary/aromatic N) is 2. The first-order valence-electron chi connectivity index (χ1n) is 6.24. The van der Waals surface area contributed by atoms with Crippen molar-refractivity contribution in [1.82, 2.24) is 20.5 Å². The number of hydrogen-bond acceptors (Lipinski definition) is 3. The van der Waals surface area contributed by atoms with Crippen LogP contribution in [-0.2, 0) is 5.54 Å². The van der Waals surface area contributed by atoms with E-state index in [1.54, 1.807) is 6.07 Å². The van der Waals surface area contributed by atoms with E-state index < -0.39 is 17.3 Å². The highest BCUT2D eigenvalue weighted by molar-refractivity contribution is 9.10. The molecule has 3 rings (SSSR count). The highest BCUT2D eigenvalue weighted by Crippen LogP contribution is 2.39. The Morgan fingerprint density at radius 3 is 2.85 bits per heavy atom. The maximum Gasteiger partial charge on any atom is 0.255 e. The summed E-state index contributed by atoms with van der Waals surface area (Å²) >= 11 is 3.24. The Hall–Kier alpha value is -1.76. The van der Waals surface area contributed by atoms with Crippen molar-refractivity contribution in [3.05, 3.63) is 46.2 Å². The average molecular weight is 339 g/mol. The number of nitrogens with one attached hydrogen (secondary N) is 2. The zero-order valence-corrected chi connectivity index (χ0v) is 12.1. The number of carbonyl (C=O) groups excluding carboxylic acids is 1. The van der Waals surface area contributed by atoms with Gasteiger partial charge in [-0.1, -0.05) is 15.9 Å². The molecule has 1 aromatic heterocycles. The number of carbonyl (C=O) groups is 1. The normalized spacial score (nSPS) is 16.5. The van der Waals surface area contributed by atoms with E-state index in [1.807, 2.05) is 0 Å². The van der Waals surface area contributed by atoms with Crippen molar-refractivity contribution < 1.29 is 9.18 Å². The number of halogens is 2. The minimum atomic E-state index is -0.553. The molecule has 2 N–H and O–H groups in total. The van der Waals surface area contributed by atoms with Gasteiger partial charge in [0.2, 0.25) is 0 Å². The minimum Gasteiger partial charge on any atom is -0.339 e. The van der Waals surface area contributed by atoms with E-state index in [0.717, 1.165) is 19.3 Å². The average Bonchev–Trinajstić information content (AvgIpc) is 2.90. The largest absolute Gasteiger partial charge is 0.339 e. The van der Waals surface area contributed by atoms with Crippen molar-refractivity contribution in [2.24, 2.45) is 0 Å². The van der Waals surface area contributed by atoms with Gasteiger partial charge in [-0.3, -0.25) is 9.89 Å². The smallest absolute Gasteiger partial charge is 0.255 e. The molecule has 0 radical (unpaired) electrons. The predicted molar refractivity (Wildman–Crippen MR) is 73.5 cm³/mol. The van der Waals surface area contributed by atoms with Crippen LogP contribution >= 0.6 is 15.9 Å². The molecule has 0 bridgehead atoms. The molecular weight excluding hydrogens is 327 g/mol. The van der Waals surface area contributed by atoms with Crippen LogP contribution in [0, 0.1) is 5.82 Å². The van der Waals surface area contributed by atoms with Gasteiger partial charge < -0.3 is 5.32 Å². The zero-order chi connectivity index (χ0) is 14.2. The van der Waals surface area contributed by atoms with Crippen molar-refractivity contribution in [2.75, 3.05) is 0 Å². The topological polar surface area (TPSA) is 70.7 Å². The fourth-order valence-electron chi connectivity index (χ4n) is 2.34. The quantitative estimate of drug-likeness (QED) is 0.903. The molecule has 0 atom stereocenters. The first kappa shape index (κ1) is 13.2. The van der Waals surface area contributed by atoms with Gasteiger partial charge in [0.05, 0.1) is 11.1 Å². The van der Waals surface area contributed by atoms with E-state index in [-0.39, 0.29) is 5.56 Å². The van der Waals surface area contributed by atoms with Gasteiger partial charge in [0, 0.05) is 4.47 Å². The first-order valence-corrected chi connectivity index (χ1v) is 7.03. The second-order valence-electron chi connectivity index (χ2n) is 4.85. The van der Waals surface area contributed by atoms with Crippen molar-refractivity contribution in [3.8, 4) is 0 Å². The molecule has 0 saturated heterocycles. The molecular formula is C13H12BrFN4O. The number of amides is 1. The Morgan fingerprint density at radius 2 is 2.25 bits per heavy atom. The summed E-state index contributed by atoms with van der Waals surface area (Å²) in [7, 11) is 0. The maximum atomic E-state index is 13.7. The van der Waals surface area contributed by atoms with Crippen LogP contribution in [0.25, 0.3) is 0 Å². The molecule has 104 valence electrons. The van der Waals surface area contributed by atoms with Crippen molar-refractivity contribution in [2.45, 2.75) is 24.8 Å². The fourth-order valence-corrected chi connectivity index (χ4v) is 2.70. The Kier molecular flexibility index (Phi) is 3.29. The Labute approximate surface area is 123 Å². The van der Waals surface area contributed by atoms with Crippen LogP contribution in [0.1, 0.15) is 35.4 Å². The third-order valence-electron chi connectivity index (χ3n) is 3.60.